The number of aromatic carboxylic acids is 1. The summed E-state index contributed by atoms with van der Waals surface area (Å²) < 4.78 is 27.2. The zero-order chi connectivity index (χ0) is 27.0. The van der Waals surface area contributed by atoms with Crippen LogP contribution >= 0.6 is 11.6 Å². The van der Waals surface area contributed by atoms with E-state index in [2.05, 4.69) is 0 Å². The van der Waals surface area contributed by atoms with Crippen molar-refractivity contribution in [2.75, 3.05) is 31.8 Å². The maximum absolute atomic E-state index is 15.1. The third kappa shape index (κ3) is 4.86. The SMILES string of the molecule is COc1cc2c(cc1Cc1cc(N3CCOC3=O)cc(Cl)c1F)c(=O)c(C(=O)O)cn2C(CO)C(C)C. The molecule has 0 bridgehead atoms. The zero-order valence-corrected chi connectivity index (χ0v) is 21.2. The van der Waals surface area contributed by atoms with Gasteiger partial charge in [-0.1, -0.05) is 25.4 Å². The van der Waals surface area contributed by atoms with E-state index in [-0.39, 0.29) is 41.5 Å². The standard InChI is InChI=1S/C26H26ClFN2O7/c1-13(2)21(12-31)30-11-18(25(33)34)24(32)17-8-14(22(36-3)10-20(17)30)6-15-7-16(9-19(27)23(15)28)29-4-5-37-26(29)35/h7-11,13,21,31H,4-6,12H2,1-3H3,(H,33,34). The first-order chi connectivity index (χ1) is 17.6. The second-order valence-electron chi connectivity index (χ2n) is 9.10. The Kier molecular flexibility index (Phi) is 7.42. The van der Waals surface area contributed by atoms with E-state index < -0.39 is 34.9 Å². The molecule has 1 aliphatic rings. The van der Waals surface area contributed by atoms with Gasteiger partial charge in [0.15, 0.2) is 0 Å². The molecule has 2 aromatic carbocycles. The summed E-state index contributed by atoms with van der Waals surface area (Å²) in [4.78, 5) is 38.4. The van der Waals surface area contributed by atoms with Crippen LogP contribution in [0, 0.1) is 11.7 Å². The van der Waals surface area contributed by atoms with Crippen molar-refractivity contribution < 1.29 is 33.7 Å². The predicted octanol–water partition coefficient (Wildman–Crippen LogP) is 4.24. The van der Waals surface area contributed by atoms with Crippen LogP contribution < -0.4 is 15.1 Å². The van der Waals surface area contributed by atoms with E-state index >= 15 is 4.39 Å². The summed E-state index contributed by atoms with van der Waals surface area (Å²) in [7, 11) is 1.42. The molecule has 3 aromatic rings. The van der Waals surface area contributed by atoms with Gasteiger partial charge in [-0.3, -0.25) is 9.69 Å². The van der Waals surface area contributed by atoms with Gasteiger partial charge in [0, 0.05) is 29.8 Å². The summed E-state index contributed by atoms with van der Waals surface area (Å²) in [6, 6.07) is 5.35. The smallest absolute Gasteiger partial charge is 0.414 e. The Bertz CT molecular complexity index is 1450. The van der Waals surface area contributed by atoms with Crippen molar-refractivity contribution in [2.24, 2.45) is 5.92 Å². The molecule has 0 spiro atoms. The number of nitrogens with zero attached hydrogens (tertiary/aromatic N) is 2. The Morgan fingerprint density at radius 2 is 1.95 bits per heavy atom. The van der Waals surface area contributed by atoms with Gasteiger partial charge < -0.3 is 24.3 Å². The third-order valence-electron chi connectivity index (χ3n) is 6.52. The molecule has 1 unspecified atom stereocenters. The van der Waals surface area contributed by atoms with Crippen LogP contribution in [0.25, 0.3) is 10.9 Å². The van der Waals surface area contributed by atoms with Crippen molar-refractivity contribution in [2.45, 2.75) is 26.3 Å². The number of hydrogen-bond acceptors (Lipinski definition) is 6. The average molecular weight is 533 g/mol. The van der Waals surface area contributed by atoms with E-state index in [1.807, 2.05) is 13.8 Å². The number of benzene rings is 2. The number of aliphatic hydroxyl groups excluding tert-OH is 1. The molecule has 2 N–H and O–H groups in total. The molecule has 0 radical (unpaired) electrons. The molecule has 1 fully saturated rings. The Morgan fingerprint density at radius 1 is 1.22 bits per heavy atom. The van der Waals surface area contributed by atoms with E-state index in [1.165, 1.54) is 36.4 Å². The number of rotatable bonds is 8. The number of fused-ring (bicyclic) bond motifs is 1. The number of pyridine rings is 1. The lowest BCUT2D eigenvalue weighted by Crippen LogP contribution is -2.25. The molecule has 37 heavy (non-hydrogen) atoms. The van der Waals surface area contributed by atoms with E-state index in [0.29, 0.717) is 29.1 Å². The summed E-state index contributed by atoms with van der Waals surface area (Å²) in [5.41, 5.74) is 0.117. The third-order valence-corrected chi connectivity index (χ3v) is 6.80. The minimum atomic E-state index is -1.40. The van der Waals surface area contributed by atoms with E-state index in [0.717, 1.165) is 0 Å². The van der Waals surface area contributed by atoms with Crippen LogP contribution in [0.1, 0.15) is 41.4 Å². The van der Waals surface area contributed by atoms with E-state index in [9.17, 15) is 24.6 Å². The number of methoxy groups -OCH3 is 1. The monoisotopic (exact) mass is 532 g/mol. The number of carboxylic acid groups (broad SMARTS) is 1. The summed E-state index contributed by atoms with van der Waals surface area (Å²) in [5.74, 6) is -1.86. The van der Waals surface area contributed by atoms with Gasteiger partial charge in [0.05, 0.1) is 36.8 Å². The van der Waals surface area contributed by atoms with Crippen LogP contribution in [0.2, 0.25) is 5.02 Å². The highest BCUT2D eigenvalue weighted by molar-refractivity contribution is 6.31. The Labute approximate surface area is 216 Å². The first-order valence-electron chi connectivity index (χ1n) is 11.6. The van der Waals surface area contributed by atoms with Gasteiger partial charge in [-0.2, -0.15) is 0 Å². The van der Waals surface area contributed by atoms with E-state index in [1.54, 1.807) is 10.6 Å². The van der Waals surface area contributed by atoms with Crippen molar-refractivity contribution in [3.63, 3.8) is 0 Å². The van der Waals surface area contributed by atoms with Crippen LogP contribution in [0.3, 0.4) is 0 Å². The summed E-state index contributed by atoms with van der Waals surface area (Å²) in [6.45, 7) is 3.94. The van der Waals surface area contributed by atoms with Crippen molar-refractivity contribution in [1.29, 1.82) is 0 Å². The number of carbonyl (C=O) groups is 2. The van der Waals surface area contributed by atoms with Crippen LogP contribution in [-0.2, 0) is 11.2 Å². The Morgan fingerprint density at radius 3 is 2.51 bits per heavy atom. The molecule has 1 aliphatic heterocycles. The lowest BCUT2D eigenvalue weighted by Gasteiger charge is -2.25. The summed E-state index contributed by atoms with van der Waals surface area (Å²) in [6.07, 6.45) is 0.596. The van der Waals surface area contributed by atoms with Gasteiger partial charge in [-0.05, 0) is 35.2 Å². The molecular formula is C26H26ClFN2O7. The Hall–Kier alpha value is -3.63. The molecule has 11 heteroatoms. The number of ether oxygens (including phenoxy) is 2. The molecule has 1 aromatic heterocycles. The van der Waals surface area contributed by atoms with Gasteiger partial charge in [-0.15, -0.1) is 0 Å². The molecular weight excluding hydrogens is 507 g/mol. The first-order valence-corrected chi connectivity index (χ1v) is 12.0. The van der Waals surface area contributed by atoms with Crippen LogP contribution in [-0.4, -0.2) is 53.7 Å². The number of aliphatic hydroxyl groups is 1. The van der Waals surface area contributed by atoms with Gasteiger partial charge in [0.1, 0.15) is 23.7 Å². The highest BCUT2D eigenvalue weighted by atomic mass is 35.5. The number of aromatic nitrogens is 1. The van der Waals surface area contributed by atoms with Gasteiger partial charge in [0.25, 0.3) is 0 Å². The van der Waals surface area contributed by atoms with Crippen LogP contribution in [0.15, 0.2) is 35.3 Å². The highest BCUT2D eigenvalue weighted by Gasteiger charge is 2.26. The number of hydrogen-bond donors (Lipinski definition) is 2. The quantitative estimate of drug-likeness (QED) is 0.445. The fourth-order valence-electron chi connectivity index (χ4n) is 4.54. The van der Waals surface area contributed by atoms with Crippen LogP contribution in [0.5, 0.6) is 5.75 Å². The minimum Gasteiger partial charge on any atom is -0.496 e. The van der Waals surface area contributed by atoms with Crippen molar-refractivity contribution >= 4 is 40.3 Å². The van der Waals surface area contributed by atoms with E-state index in [4.69, 9.17) is 21.1 Å². The number of halogens is 2. The fourth-order valence-corrected chi connectivity index (χ4v) is 4.78. The molecule has 1 amide bonds. The molecule has 0 aliphatic carbocycles. The molecule has 0 saturated carbocycles. The Balaban J connectivity index is 1.91. The topological polar surface area (TPSA) is 118 Å². The van der Waals surface area contributed by atoms with Gasteiger partial charge in [0.2, 0.25) is 5.43 Å². The molecule has 2 heterocycles. The van der Waals surface area contributed by atoms with Crippen molar-refractivity contribution in [1.82, 2.24) is 4.57 Å². The van der Waals surface area contributed by atoms with Crippen molar-refractivity contribution in [3.8, 4) is 5.75 Å². The lowest BCUT2D eigenvalue weighted by atomic mass is 9.98. The number of carboxylic acids is 1. The summed E-state index contributed by atoms with van der Waals surface area (Å²) >= 11 is 6.13. The molecule has 1 saturated heterocycles. The average Bonchev–Trinajstić information content (AvgIpc) is 3.28. The van der Waals surface area contributed by atoms with Crippen LogP contribution in [0.4, 0.5) is 14.9 Å². The molecule has 9 nitrogen and oxygen atoms in total. The summed E-state index contributed by atoms with van der Waals surface area (Å²) in [5, 5.41) is 19.6. The van der Waals surface area contributed by atoms with Crippen molar-refractivity contribution in [3.05, 3.63) is 68.2 Å². The number of anilines is 1. The maximum Gasteiger partial charge on any atom is 0.414 e. The molecule has 1 atom stereocenters. The highest BCUT2D eigenvalue weighted by Crippen LogP contribution is 2.34. The number of cyclic esters (lactones) is 1. The number of carbonyl (C=O) groups excluding carboxylic acids is 1. The maximum atomic E-state index is 15.1. The van der Waals surface area contributed by atoms with Gasteiger partial charge in [-0.25, -0.2) is 14.0 Å². The zero-order valence-electron chi connectivity index (χ0n) is 20.5. The fraction of sp³-hybridized carbons (Fsp3) is 0.346. The molecule has 196 valence electrons. The normalized spacial score (nSPS) is 14.4. The molecule has 4 rings (SSSR count). The van der Waals surface area contributed by atoms with Gasteiger partial charge >= 0.3 is 12.1 Å². The predicted molar refractivity (Wildman–Crippen MR) is 136 cm³/mol. The first kappa shape index (κ1) is 26.4. The second-order valence-corrected chi connectivity index (χ2v) is 9.51. The lowest BCUT2D eigenvalue weighted by molar-refractivity contribution is 0.0693. The largest absolute Gasteiger partial charge is 0.496 e. The second kappa shape index (κ2) is 10.4. The number of amides is 1. The minimum absolute atomic E-state index is 0.0637.